The van der Waals surface area contributed by atoms with Crippen LogP contribution in [0.15, 0.2) is 16.7 Å². The van der Waals surface area contributed by atoms with Gasteiger partial charge in [0.05, 0.1) is 6.21 Å². The Hall–Kier alpha value is -0.810. The lowest BCUT2D eigenvalue weighted by Gasteiger charge is -1.73. The normalized spacial score (nSPS) is 8.25. The highest BCUT2D eigenvalue weighted by molar-refractivity contribution is 6.29. The van der Waals surface area contributed by atoms with Gasteiger partial charge < -0.3 is 0 Å². The second kappa shape index (κ2) is 4.35. The SMILES string of the molecule is C=C(Cl)/N=C\C#CF. The van der Waals surface area contributed by atoms with Gasteiger partial charge in [-0.05, 0) is 5.92 Å². The Balaban J connectivity index is 3.61. The molecule has 0 radical (unpaired) electrons. The van der Waals surface area contributed by atoms with Crippen molar-refractivity contribution in [3.8, 4) is 12.1 Å². The Bertz CT molecular complexity index is 163. The molecular formula is C5H3ClFN. The Morgan fingerprint density at radius 2 is 2.50 bits per heavy atom. The van der Waals surface area contributed by atoms with Crippen LogP contribution in [0.4, 0.5) is 4.39 Å². The molecule has 0 aliphatic heterocycles. The molecule has 0 rings (SSSR count). The van der Waals surface area contributed by atoms with Gasteiger partial charge in [-0.25, -0.2) is 4.99 Å². The van der Waals surface area contributed by atoms with E-state index in [1.54, 1.807) is 0 Å². The van der Waals surface area contributed by atoms with Crippen LogP contribution in [0, 0.1) is 12.1 Å². The molecule has 3 heteroatoms. The highest BCUT2D eigenvalue weighted by Gasteiger charge is 1.70. The van der Waals surface area contributed by atoms with Crippen molar-refractivity contribution in [1.82, 2.24) is 0 Å². The van der Waals surface area contributed by atoms with E-state index in [-0.39, 0.29) is 5.16 Å². The largest absolute Gasteiger partial charge is 0.236 e. The third-order valence-electron chi connectivity index (χ3n) is 0.324. The van der Waals surface area contributed by atoms with Gasteiger partial charge in [0, 0.05) is 0 Å². The van der Waals surface area contributed by atoms with Crippen molar-refractivity contribution in [3.05, 3.63) is 11.7 Å². The predicted octanol–water partition coefficient (Wildman–Crippen LogP) is 1.70. The quantitative estimate of drug-likeness (QED) is 0.292. The molecule has 0 bridgehead atoms. The van der Waals surface area contributed by atoms with Gasteiger partial charge in [-0.3, -0.25) is 0 Å². The van der Waals surface area contributed by atoms with Crippen LogP contribution in [0.2, 0.25) is 0 Å². The molecule has 0 saturated carbocycles. The van der Waals surface area contributed by atoms with Crippen molar-refractivity contribution in [2.45, 2.75) is 0 Å². The Morgan fingerprint density at radius 1 is 1.88 bits per heavy atom. The summed E-state index contributed by atoms with van der Waals surface area (Å²) >= 11 is 5.13. The number of hydrogen-bond acceptors (Lipinski definition) is 1. The highest BCUT2D eigenvalue weighted by atomic mass is 35.5. The van der Waals surface area contributed by atoms with E-state index >= 15 is 0 Å². The standard InChI is InChI=1S/C5H3ClFN/c1-5(6)8-4-2-3-7/h4H,1H2/b8-4-. The molecule has 0 fully saturated rings. The molecule has 0 saturated heterocycles. The molecule has 0 atom stereocenters. The van der Waals surface area contributed by atoms with Gasteiger partial charge in [0.1, 0.15) is 11.3 Å². The lowest BCUT2D eigenvalue weighted by atomic mass is 10.7. The Labute approximate surface area is 51.9 Å². The summed E-state index contributed by atoms with van der Waals surface area (Å²) in [5, 5.41) is 0.0905. The number of hydrogen-bond donors (Lipinski definition) is 0. The van der Waals surface area contributed by atoms with Crippen molar-refractivity contribution in [1.29, 1.82) is 0 Å². The fourth-order valence-electron chi connectivity index (χ4n) is 0.127. The van der Waals surface area contributed by atoms with Crippen molar-refractivity contribution in [2.24, 2.45) is 4.99 Å². The van der Waals surface area contributed by atoms with Gasteiger partial charge in [-0.15, -0.1) is 4.39 Å². The van der Waals surface area contributed by atoms with Crippen LogP contribution in [0.25, 0.3) is 0 Å². The van der Waals surface area contributed by atoms with Crippen LogP contribution in [0.3, 0.4) is 0 Å². The average Bonchev–Trinajstić information content (AvgIpc) is 1.66. The van der Waals surface area contributed by atoms with E-state index in [9.17, 15) is 4.39 Å². The number of nitrogens with zero attached hydrogens (tertiary/aromatic N) is 1. The smallest absolute Gasteiger partial charge is 0.122 e. The summed E-state index contributed by atoms with van der Waals surface area (Å²) < 4.78 is 10.9. The molecule has 42 valence electrons. The summed E-state index contributed by atoms with van der Waals surface area (Å²) in [7, 11) is 0. The number of halogens is 2. The first-order valence-corrected chi connectivity index (χ1v) is 2.13. The van der Waals surface area contributed by atoms with E-state index in [4.69, 9.17) is 11.6 Å². The fraction of sp³-hybridized carbons (Fsp3) is 0. The van der Waals surface area contributed by atoms with Gasteiger partial charge in [-0.2, -0.15) is 0 Å². The molecule has 0 amide bonds. The van der Waals surface area contributed by atoms with Crippen molar-refractivity contribution in [3.63, 3.8) is 0 Å². The summed E-state index contributed by atoms with van der Waals surface area (Å²) in [5.74, 6) is 1.93. The van der Waals surface area contributed by atoms with Gasteiger partial charge >= 0.3 is 0 Å². The summed E-state index contributed by atoms with van der Waals surface area (Å²) in [4.78, 5) is 3.35. The van der Waals surface area contributed by atoms with Crippen molar-refractivity contribution < 1.29 is 4.39 Å². The minimum Gasteiger partial charge on any atom is -0.236 e. The van der Waals surface area contributed by atoms with Crippen molar-refractivity contribution >= 4 is 17.8 Å². The van der Waals surface area contributed by atoms with Gasteiger partial charge in [0.25, 0.3) is 0 Å². The van der Waals surface area contributed by atoms with Gasteiger partial charge in [0.2, 0.25) is 0 Å². The molecule has 1 nitrogen and oxygen atoms in total. The topological polar surface area (TPSA) is 12.4 Å². The molecule has 8 heavy (non-hydrogen) atoms. The predicted molar refractivity (Wildman–Crippen MR) is 32.4 cm³/mol. The average molecular weight is 132 g/mol. The third-order valence-corrected chi connectivity index (χ3v) is 0.421. The van der Waals surface area contributed by atoms with Crippen LogP contribution in [0.1, 0.15) is 0 Å². The van der Waals surface area contributed by atoms with Gasteiger partial charge in [-0.1, -0.05) is 18.2 Å². The molecular weight excluding hydrogens is 129 g/mol. The zero-order valence-corrected chi connectivity index (χ0v) is 4.74. The highest BCUT2D eigenvalue weighted by Crippen LogP contribution is 1.94. The first kappa shape index (κ1) is 7.19. The van der Waals surface area contributed by atoms with Crippen LogP contribution < -0.4 is 0 Å². The fourth-order valence-corrected chi connectivity index (χ4v) is 0.176. The maximum atomic E-state index is 10.9. The maximum absolute atomic E-state index is 10.9. The van der Waals surface area contributed by atoms with E-state index in [1.165, 1.54) is 0 Å². The summed E-state index contributed by atoms with van der Waals surface area (Å²) in [6.07, 6.45) is 2.16. The second-order valence-corrected chi connectivity index (χ2v) is 1.31. The summed E-state index contributed by atoms with van der Waals surface area (Å²) in [6, 6.07) is 0. The molecule has 0 unspecified atom stereocenters. The van der Waals surface area contributed by atoms with Crippen LogP contribution >= 0.6 is 11.6 Å². The molecule has 0 N–H and O–H groups in total. The molecule has 0 aromatic rings. The Morgan fingerprint density at radius 3 is 2.88 bits per heavy atom. The lowest BCUT2D eigenvalue weighted by Crippen LogP contribution is -1.62. The summed E-state index contributed by atoms with van der Waals surface area (Å²) in [5.41, 5.74) is 0. The first-order valence-electron chi connectivity index (χ1n) is 1.75. The van der Waals surface area contributed by atoms with E-state index in [0.717, 1.165) is 12.4 Å². The minimum absolute atomic E-state index is 0.0905. The van der Waals surface area contributed by atoms with Crippen LogP contribution in [-0.4, -0.2) is 6.21 Å². The van der Waals surface area contributed by atoms with E-state index < -0.39 is 0 Å². The number of aliphatic imine (C=N–C) groups is 1. The number of rotatable bonds is 1. The van der Waals surface area contributed by atoms with E-state index in [1.807, 2.05) is 5.92 Å². The van der Waals surface area contributed by atoms with E-state index in [0.29, 0.717) is 0 Å². The Kier molecular flexibility index (Phi) is 3.91. The molecule has 0 aliphatic rings. The minimum atomic E-state index is 0.0905. The van der Waals surface area contributed by atoms with Crippen LogP contribution in [0.5, 0.6) is 0 Å². The summed E-state index contributed by atoms with van der Waals surface area (Å²) in [6.45, 7) is 3.20. The molecule has 0 spiro atoms. The zero-order valence-electron chi connectivity index (χ0n) is 3.99. The molecule has 0 aromatic carbocycles. The lowest BCUT2D eigenvalue weighted by molar-refractivity contribution is 0.774. The molecule has 0 aromatic heterocycles. The second-order valence-electron chi connectivity index (χ2n) is 0.873. The third kappa shape index (κ3) is 5.19. The van der Waals surface area contributed by atoms with Crippen molar-refractivity contribution in [2.75, 3.05) is 0 Å². The molecule has 0 heterocycles. The van der Waals surface area contributed by atoms with Gasteiger partial charge in [0.15, 0.2) is 0 Å². The van der Waals surface area contributed by atoms with E-state index in [2.05, 4.69) is 11.6 Å². The monoisotopic (exact) mass is 131 g/mol. The molecule has 0 aliphatic carbocycles. The maximum Gasteiger partial charge on any atom is 0.122 e. The van der Waals surface area contributed by atoms with Crippen LogP contribution in [-0.2, 0) is 0 Å². The zero-order chi connectivity index (χ0) is 6.41. The first-order chi connectivity index (χ1) is 3.77.